The van der Waals surface area contributed by atoms with Crippen molar-refractivity contribution in [3.05, 3.63) is 18.4 Å². The average Bonchev–Trinajstić information content (AvgIpc) is 2.60. The molecule has 82 valence electrons. The molecule has 15 heavy (non-hydrogen) atoms. The second-order valence-corrected chi connectivity index (χ2v) is 3.36. The van der Waals surface area contributed by atoms with E-state index in [0.29, 0.717) is 18.2 Å². The Hall–Kier alpha value is -1.23. The lowest BCUT2D eigenvalue weighted by Crippen LogP contribution is -2.13. The molecular weight excluding hydrogens is 193 g/mol. The van der Waals surface area contributed by atoms with Crippen molar-refractivity contribution in [2.75, 3.05) is 6.61 Å². The summed E-state index contributed by atoms with van der Waals surface area (Å²) in [5, 5.41) is 13.2. The van der Waals surface area contributed by atoms with E-state index in [2.05, 4.69) is 18.7 Å². The van der Waals surface area contributed by atoms with Gasteiger partial charge < -0.3 is 14.4 Å². The molecule has 1 aromatic rings. The highest BCUT2D eigenvalue weighted by Gasteiger charge is 2.17. The van der Waals surface area contributed by atoms with Crippen molar-refractivity contribution in [3.63, 3.8) is 0 Å². The van der Waals surface area contributed by atoms with E-state index in [0.717, 1.165) is 18.3 Å². The average molecular weight is 209 g/mol. The van der Waals surface area contributed by atoms with E-state index in [9.17, 15) is 5.11 Å². The minimum Gasteiger partial charge on any atom is -0.476 e. The number of aliphatic hydroxyl groups excluding tert-OH is 1. The van der Waals surface area contributed by atoms with Gasteiger partial charge >= 0.3 is 0 Å². The van der Waals surface area contributed by atoms with E-state index in [4.69, 9.17) is 9.26 Å². The predicted molar refractivity (Wildman–Crippen MR) is 60.2 cm³/mol. The van der Waals surface area contributed by atoms with Gasteiger partial charge in [-0.05, 0) is 11.6 Å². The van der Waals surface area contributed by atoms with Crippen LogP contribution in [0.5, 0.6) is 5.88 Å². The van der Waals surface area contributed by atoms with Crippen LogP contribution in [0.1, 0.15) is 31.6 Å². The number of rotatable bonds is 6. The Morgan fingerprint density at radius 1 is 1.73 bits per heavy atom. The maximum Gasteiger partial charge on any atom is 0.247 e. The van der Waals surface area contributed by atoms with Crippen molar-refractivity contribution in [1.82, 2.24) is 5.16 Å². The molecule has 0 aliphatic heterocycles. The Labute approximate surface area is 90.3 Å². The lowest BCUT2D eigenvalue weighted by molar-refractivity contribution is 0.182. The van der Waals surface area contributed by atoms with Crippen molar-refractivity contribution in [2.24, 2.45) is 0 Å². The largest absolute Gasteiger partial charge is 0.476 e. The Kier molecular flexibility index (Phi) is 4.43. The fourth-order valence-electron chi connectivity index (χ4n) is 1.16. The molecule has 0 bridgehead atoms. The molecule has 1 aromatic heterocycles. The summed E-state index contributed by atoms with van der Waals surface area (Å²) in [7, 11) is 1.81. The standard InChI is InChI=1S/C10H16BNO3/c1-3-5-6-14-10-8(11)9(15-12-10)7(13)4-2/h4,7,13H,2-3,5-6,11H2,1H3/t7-/m1/s1. The smallest absolute Gasteiger partial charge is 0.247 e. The lowest BCUT2D eigenvalue weighted by Gasteiger charge is -2.02. The van der Waals surface area contributed by atoms with Gasteiger partial charge in [0.25, 0.3) is 0 Å². The number of ether oxygens (including phenoxy) is 1. The molecule has 0 amide bonds. The topological polar surface area (TPSA) is 55.5 Å². The normalized spacial score (nSPS) is 12.4. The van der Waals surface area contributed by atoms with E-state index in [-0.39, 0.29) is 0 Å². The van der Waals surface area contributed by atoms with Gasteiger partial charge in [0.05, 0.1) is 6.61 Å². The second kappa shape index (κ2) is 5.61. The van der Waals surface area contributed by atoms with Crippen LogP contribution < -0.4 is 10.2 Å². The summed E-state index contributed by atoms with van der Waals surface area (Å²) in [4.78, 5) is 0. The minimum atomic E-state index is -0.818. The van der Waals surface area contributed by atoms with Gasteiger partial charge in [0.1, 0.15) is 6.10 Å². The molecule has 0 aliphatic rings. The zero-order chi connectivity index (χ0) is 11.3. The SMILES string of the molecule is Bc1c(OCCCC)noc1[C@H](O)C=C. The second-order valence-electron chi connectivity index (χ2n) is 3.36. The highest BCUT2D eigenvalue weighted by Crippen LogP contribution is 2.15. The highest BCUT2D eigenvalue weighted by molar-refractivity contribution is 6.34. The Balaban J connectivity index is 2.66. The van der Waals surface area contributed by atoms with Gasteiger partial charge in [-0.15, -0.1) is 6.58 Å². The predicted octanol–water partition coefficient (Wildman–Crippen LogP) is 0.331. The van der Waals surface area contributed by atoms with Crippen LogP contribution in [0.25, 0.3) is 0 Å². The number of aromatic nitrogens is 1. The van der Waals surface area contributed by atoms with E-state index in [1.54, 1.807) is 7.85 Å². The van der Waals surface area contributed by atoms with Crippen LogP contribution >= 0.6 is 0 Å². The quantitative estimate of drug-likeness (QED) is 0.416. The molecule has 1 heterocycles. The number of nitrogens with zero attached hydrogens (tertiary/aromatic N) is 1. The van der Waals surface area contributed by atoms with Crippen LogP contribution in [0.3, 0.4) is 0 Å². The molecule has 0 aliphatic carbocycles. The summed E-state index contributed by atoms with van der Waals surface area (Å²) in [6.07, 6.45) is 2.62. The fraction of sp³-hybridized carbons (Fsp3) is 0.500. The van der Waals surface area contributed by atoms with E-state index >= 15 is 0 Å². The van der Waals surface area contributed by atoms with Crippen LogP contribution in [0, 0.1) is 0 Å². The van der Waals surface area contributed by atoms with E-state index in [1.165, 1.54) is 6.08 Å². The van der Waals surface area contributed by atoms with Gasteiger partial charge in [-0.3, -0.25) is 0 Å². The highest BCUT2D eigenvalue weighted by atomic mass is 16.5. The third-order valence-corrected chi connectivity index (χ3v) is 2.15. The van der Waals surface area contributed by atoms with Crippen molar-refractivity contribution in [3.8, 4) is 5.88 Å². The van der Waals surface area contributed by atoms with Gasteiger partial charge in [0.2, 0.25) is 5.88 Å². The van der Waals surface area contributed by atoms with Crippen molar-refractivity contribution >= 4 is 13.3 Å². The van der Waals surface area contributed by atoms with Crippen LogP contribution in [0.2, 0.25) is 0 Å². The first-order valence-corrected chi connectivity index (χ1v) is 5.10. The van der Waals surface area contributed by atoms with Crippen molar-refractivity contribution < 1.29 is 14.4 Å². The molecule has 5 heteroatoms. The van der Waals surface area contributed by atoms with Gasteiger partial charge in [-0.25, -0.2) is 0 Å². The zero-order valence-corrected chi connectivity index (χ0v) is 9.19. The molecule has 0 spiro atoms. The van der Waals surface area contributed by atoms with Gasteiger partial charge in [0.15, 0.2) is 13.6 Å². The molecule has 4 nitrogen and oxygen atoms in total. The van der Waals surface area contributed by atoms with E-state index < -0.39 is 6.10 Å². The Morgan fingerprint density at radius 2 is 2.47 bits per heavy atom. The number of aliphatic hydroxyl groups is 1. The Morgan fingerprint density at radius 3 is 3.07 bits per heavy atom. The minimum absolute atomic E-state index is 0.400. The van der Waals surface area contributed by atoms with Gasteiger partial charge in [-0.1, -0.05) is 19.4 Å². The molecule has 0 saturated carbocycles. The lowest BCUT2D eigenvalue weighted by atomic mass is 9.94. The molecule has 1 atom stereocenters. The van der Waals surface area contributed by atoms with E-state index in [1.807, 2.05) is 0 Å². The number of hydrogen-bond donors (Lipinski definition) is 1. The number of hydrogen-bond acceptors (Lipinski definition) is 4. The maximum absolute atomic E-state index is 9.49. The first-order valence-electron chi connectivity index (χ1n) is 5.10. The van der Waals surface area contributed by atoms with Gasteiger partial charge in [0, 0.05) is 5.46 Å². The maximum atomic E-state index is 9.49. The zero-order valence-electron chi connectivity index (χ0n) is 9.19. The van der Waals surface area contributed by atoms with Crippen molar-refractivity contribution in [2.45, 2.75) is 25.9 Å². The molecule has 0 aromatic carbocycles. The first-order chi connectivity index (χ1) is 7.20. The third-order valence-electron chi connectivity index (χ3n) is 2.15. The Bertz CT molecular complexity index is 324. The summed E-state index contributed by atoms with van der Waals surface area (Å²) in [6, 6.07) is 0. The molecule has 0 radical (unpaired) electrons. The molecule has 0 unspecified atom stereocenters. The summed E-state index contributed by atoms with van der Waals surface area (Å²) >= 11 is 0. The fourth-order valence-corrected chi connectivity index (χ4v) is 1.16. The molecule has 0 fully saturated rings. The molecule has 0 saturated heterocycles. The molecule has 1 N–H and O–H groups in total. The summed E-state index contributed by atoms with van der Waals surface area (Å²) in [6.45, 7) is 6.19. The van der Waals surface area contributed by atoms with Crippen LogP contribution in [0.15, 0.2) is 17.2 Å². The monoisotopic (exact) mass is 209 g/mol. The molecular formula is C10H16BNO3. The third kappa shape index (κ3) is 2.86. The first kappa shape index (κ1) is 11.8. The molecule has 1 rings (SSSR count). The summed E-state index contributed by atoms with van der Waals surface area (Å²) < 4.78 is 10.4. The number of unbranched alkanes of at least 4 members (excludes halogenated alkanes) is 1. The van der Waals surface area contributed by atoms with Crippen LogP contribution in [0.4, 0.5) is 0 Å². The van der Waals surface area contributed by atoms with Crippen LogP contribution in [-0.4, -0.2) is 24.7 Å². The van der Waals surface area contributed by atoms with Crippen molar-refractivity contribution in [1.29, 1.82) is 0 Å². The van der Waals surface area contributed by atoms with Crippen LogP contribution in [-0.2, 0) is 0 Å². The summed E-state index contributed by atoms with van der Waals surface area (Å²) in [5.41, 5.74) is 0.735. The summed E-state index contributed by atoms with van der Waals surface area (Å²) in [5.74, 6) is 0.857. The van der Waals surface area contributed by atoms with Gasteiger partial charge in [-0.2, -0.15) is 0 Å².